The van der Waals surface area contributed by atoms with E-state index in [4.69, 9.17) is 9.47 Å². The molecule has 4 heterocycles. The molecule has 276 valence electrons. The number of amides is 1. The second-order valence-corrected chi connectivity index (χ2v) is 19.6. The SMILES string of the molecule is COc1ccc([Si](C)(C)[C@H]2[C@H](CCn3cc(CCO)nn3)O[C@@]3(C(=O)N(Cc4ccc(-n5ncc6ccccc6c5=O)cc4)c4ccccc43)[C@@H]2C)cc1. The van der Waals surface area contributed by atoms with Crippen LogP contribution in [0.15, 0.2) is 114 Å². The fraction of sp³-hybridized carbons (Fsp3) is 0.310. The predicted molar refractivity (Wildman–Crippen MR) is 210 cm³/mol. The zero-order valence-corrected chi connectivity index (χ0v) is 31.9. The van der Waals surface area contributed by atoms with Crippen molar-refractivity contribution < 1.29 is 19.4 Å². The fourth-order valence-corrected chi connectivity index (χ4v) is 12.9. The minimum Gasteiger partial charge on any atom is -0.497 e. The molecule has 12 heteroatoms. The number of aryl methyl sites for hydroxylation is 1. The van der Waals surface area contributed by atoms with E-state index in [1.54, 1.807) is 13.3 Å². The standard InChI is InChI=1S/C42H44N6O5Si/c1-28-39(54(3,4)34-19-17-33(52-2)18-20-34)38(21-23-46-27-31(22-24-49)44-45-46)53-42(28)36-11-7-8-12-37(36)47(41(42)51)26-29-13-15-32(16-14-29)48-40(50)35-10-6-5-9-30(35)25-43-48/h5-20,25,27-28,38-39,49H,21-24,26H2,1-4H3/t28-,38+,39-,42+/m1/s1. The fourth-order valence-electron chi connectivity index (χ4n) is 8.83. The third kappa shape index (κ3) is 5.94. The first kappa shape index (κ1) is 35.6. The summed E-state index contributed by atoms with van der Waals surface area (Å²) in [6, 6.07) is 31.5. The Hall–Kier alpha value is -5.43. The predicted octanol–water partition coefficient (Wildman–Crippen LogP) is 5.37. The van der Waals surface area contributed by atoms with Crippen LogP contribution in [0.2, 0.25) is 18.6 Å². The Balaban J connectivity index is 1.12. The zero-order valence-electron chi connectivity index (χ0n) is 30.9. The van der Waals surface area contributed by atoms with Gasteiger partial charge in [0.15, 0.2) is 5.60 Å². The van der Waals surface area contributed by atoms with Gasteiger partial charge >= 0.3 is 0 Å². The average Bonchev–Trinajstić information content (AvgIpc) is 3.84. The van der Waals surface area contributed by atoms with Crippen molar-refractivity contribution >= 4 is 35.6 Å². The quantitative estimate of drug-likeness (QED) is 0.176. The van der Waals surface area contributed by atoms with Gasteiger partial charge < -0.3 is 19.5 Å². The topological polar surface area (TPSA) is 125 Å². The molecule has 0 unspecified atom stereocenters. The normalized spacial score (nSPS) is 20.9. The van der Waals surface area contributed by atoms with Gasteiger partial charge in [0.05, 0.1) is 56.5 Å². The number of hydrogen-bond donors (Lipinski definition) is 1. The third-order valence-corrected chi connectivity index (χ3v) is 15.9. The third-order valence-electron chi connectivity index (χ3n) is 11.6. The number of methoxy groups -OCH3 is 1. The number of carbonyl (C=O) groups excluding carboxylic acids is 1. The lowest BCUT2D eigenvalue weighted by Gasteiger charge is -2.37. The first-order valence-electron chi connectivity index (χ1n) is 18.5. The number of aliphatic hydroxyl groups is 1. The minimum atomic E-state index is -2.32. The summed E-state index contributed by atoms with van der Waals surface area (Å²) in [4.78, 5) is 30.3. The molecule has 6 aromatic rings. The van der Waals surface area contributed by atoms with Crippen molar-refractivity contribution in [2.45, 2.75) is 63.2 Å². The second-order valence-electron chi connectivity index (χ2n) is 14.9. The van der Waals surface area contributed by atoms with Gasteiger partial charge in [-0.2, -0.15) is 9.78 Å². The molecule has 1 spiro atoms. The molecule has 1 amide bonds. The summed E-state index contributed by atoms with van der Waals surface area (Å²) in [5, 5.41) is 25.1. The Labute approximate surface area is 314 Å². The van der Waals surface area contributed by atoms with Crippen LogP contribution in [0.4, 0.5) is 5.69 Å². The molecular formula is C42H44N6O5Si. The molecule has 2 aromatic heterocycles. The van der Waals surface area contributed by atoms with Gasteiger partial charge in [0.25, 0.3) is 11.5 Å². The molecule has 1 saturated heterocycles. The smallest absolute Gasteiger partial charge is 0.279 e. The van der Waals surface area contributed by atoms with E-state index in [0.29, 0.717) is 37.0 Å². The molecule has 2 aliphatic heterocycles. The maximum absolute atomic E-state index is 15.1. The van der Waals surface area contributed by atoms with Crippen LogP contribution in [0.1, 0.15) is 30.2 Å². The number of benzene rings is 4. The van der Waals surface area contributed by atoms with Crippen LogP contribution in [0.5, 0.6) is 5.75 Å². The lowest BCUT2D eigenvalue weighted by molar-refractivity contribution is -0.146. The van der Waals surface area contributed by atoms with Crippen molar-refractivity contribution in [3.05, 3.63) is 137 Å². The van der Waals surface area contributed by atoms with Gasteiger partial charge in [-0.25, -0.2) is 0 Å². The summed E-state index contributed by atoms with van der Waals surface area (Å²) in [5.41, 5.74) is 2.78. The van der Waals surface area contributed by atoms with E-state index in [1.165, 1.54) is 9.87 Å². The summed E-state index contributed by atoms with van der Waals surface area (Å²) in [5.74, 6) is 0.603. The van der Waals surface area contributed by atoms with Crippen molar-refractivity contribution in [3.63, 3.8) is 0 Å². The number of aromatic nitrogens is 5. The van der Waals surface area contributed by atoms with E-state index >= 15 is 4.79 Å². The highest BCUT2D eigenvalue weighted by molar-refractivity contribution is 6.91. The van der Waals surface area contributed by atoms with Crippen LogP contribution >= 0.6 is 0 Å². The van der Waals surface area contributed by atoms with Crippen LogP contribution in [0.25, 0.3) is 16.5 Å². The van der Waals surface area contributed by atoms with Crippen molar-refractivity contribution in [1.29, 1.82) is 0 Å². The highest BCUT2D eigenvalue weighted by Gasteiger charge is 2.66. The summed E-state index contributed by atoms with van der Waals surface area (Å²) in [6.07, 6.45) is 4.43. The van der Waals surface area contributed by atoms with Gasteiger partial charge in [-0.1, -0.05) is 91.1 Å². The van der Waals surface area contributed by atoms with Crippen molar-refractivity contribution in [2.75, 3.05) is 18.6 Å². The lowest BCUT2D eigenvalue weighted by Crippen LogP contribution is -2.51. The summed E-state index contributed by atoms with van der Waals surface area (Å²) in [7, 11) is -0.645. The number of nitrogens with zero attached hydrogens (tertiary/aromatic N) is 6. The number of para-hydroxylation sites is 1. The van der Waals surface area contributed by atoms with E-state index in [0.717, 1.165) is 33.6 Å². The molecule has 4 aromatic carbocycles. The summed E-state index contributed by atoms with van der Waals surface area (Å²) >= 11 is 0. The molecule has 0 bridgehead atoms. The summed E-state index contributed by atoms with van der Waals surface area (Å²) < 4.78 is 16.0. The zero-order chi connectivity index (χ0) is 37.6. The highest BCUT2D eigenvalue weighted by Crippen LogP contribution is 2.60. The van der Waals surface area contributed by atoms with Gasteiger partial charge in [-0.05, 0) is 53.9 Å². The monoisotopic (exact) mass is 740 g/mol. The maximum Gasteiger partial charge on any atom is 0.279 e. The van der Waals surface area contributed by atoms with E-state index < -0.39 is 13.7 Å². The van der Waals surface area contributed by atoms with Crippen LogP contribution in [0, 0.1) is 5.92 Å². The highest BCUT2D eigenvalue weighted by atomic mass is 28.3. The molecule has 4 atom stereocenters. The van der Waals surface area contributed by atoms with Crippen molar-refractivity contribution in [2.24, 2.45) is 5.92 Å². The number of ether oxygens (including phenoxy) is 2. The summed E-state index contributed by atoms with van der Waals surface area (Å²) in [6.45, 7) is 7.87. The molecule has 8 rings (SSSR count). The first-order valence-corrected chi connectivity index (χ1v) is 21.5. The van der Waals surface area contributed by atoms with Crippen molar-refractivity contribution in [1.82, 2.24) is 24.8 Å². The Morgan fingerprint density at radius 1 is 0.944 bits per heavy atom. The van der Waals surface area contributed by atoms with E-state index in [9.17, 15) is 9.90 Å². The molecule has 11 nitrogen and oxygen atoms in total. The lowest BCUT2D eigenvalue weighted by atomic mass is 9.82. The molecule has 0 saturated carbocycles. The Kier molecular flexibility index (Phi) is 9.28. The van der Waals surface area contributed by atoms with Gasteiger partial charge in [0, 0.05) is 42.6 Å². The van der Waals surface area contributed by atoms with Crippen LogP contribution < -0.4 is 20.4 Å². The van der Waals surface area contributed by atoms with E-state index in [1.807, 2.05) is 101 Å². The number of aliphatic hydroxyl groups excluding tert-OH is 1. The minimum absolute atomic E-state index is 0.0119. The molecule has 1 fully saturated rings. The molecule has 0 aliphatic carbocycles. The Bertz CT molecular complexity index is 2380. The van der Waals surface area contributed by atoms with Crippen LogP contribution in [-0.2, 0) is 34.6 Å². The van der Waals surface area contributed by atoms with Crippen LogP contribution in [-0.4, -0.2) is 63.7 Å². The van der Waals surface area contributed by atoms with E-state index in [2.05, 4.69) is 47.6 Å². The molecular weight excluding hydrogens is 697 g/mol. The first-order chi connectivity index (χ1) is 26.1. The van der Waals surface area contributed by atoms with Crippen molar-refractivity contribution in [3.8, 4) is 11.4 Å². The molecule has 54 heavy (non-hydrogen) atoms. The van der Waals surface area contributed by atoms with Gasteiger partial charge in [0.2, 0.25) is 0 Å². The number of anilines is 1. The number of fused-ring (bicyclic) bond motifs is 3. The Morgan fingerprint density at radius 2 is 1.69 bits per heavy atom. The number of rotatable bonds is 11. The molecule has 1 N–H and O–H groups in total. The van der Waals surface area contributed by atoms with E-state index in [-0.39, 0.29) is 35.6 Å². The second kappa shape index (κ2) is 14.1. The average molecular weight is 741 g/mol. The van der Waals surface area contributed by atoms with Gasteiger partial charge in [0.1, 0.15) is 5.75 Å². The Morgan fingerprint density at radius 3 is 2.44 bits per heavy atom. The number of hydrogen-bond acceptors (Lipinski definition) is 8. The van der Waals surface area contributed by atoms with Gasteiger partial charge in [-0.15, -0.1) is 5.10 Å². The van der Waals surface area contributed by atoms with Gasteiger partial charge in [-0.3, -0.25) is 14.3 Å². The maximum atomic E-state index is 15.1. The molecule has 0 radical (unpaired) electrons. The largest absolute Gasteiger partial charge is 0.497 e. The van der Waals surface area contributed by atoms with Crippen LogP contribution in [0.3, 0.4) is 0 Å². The number of carbonyl (C=O) groups is 1. The molecule has 2 aliphatic rings.